The lowest BCUT2D eigenvalue weighted by atomic mass is 10.00. The largest absolute Gasteiger partial charge is 0.453 e. The van der Waals surface area contributed by atoms with Crippen molar-refractivity contribution >= 4 is 34.9 Å². The fourth-order valence-corrected chi connectivity index (χ4v) is 8.44. The number of nitrogens with one attached hydrogen (secondary N) is 4. The second kappa shape index (κ2) is 17.9. The number of aromatic amines is 2. The van der Waals surface area contributed by atoms with Gasteiger partial charge >= 0.3 is 12.2 Å². The molecule has 62 heavy (non-hydrogen) atoms. The van der Waals surface area contributed by atoms with Gasteiger partial charge in [0.1, 0.15) is 29.5 Å². The maximum Gasteiger partial charge on any atom is 0.407 e. The fourth-order valence-electron chi connectivity index (χ4n) is 8.44. The molecular formula is C46H48FN9O6. The zero-order valence-electron chi connectivity index (χ0n) is 34.9. The molecule has 4 amide bonds. The van der Waals surface area contributed by atoms with Crippen LogP contribution in [0.25, 0.3) is 44.5 Å². The number of benzene rings is 3. The molecule has 320 valence electrons. The van der Waals surface area contributed by atoms with Crippen LogP contribution in [-0.4, -0.2) is 92.1 Å². The van der Waals surface area contributed by atoms with E-state index in [0.717, 1.165) is 29.5 Å². The molecule has 15 nitrogen and oxygen atoms in total. The smallest absolute Gasteiger partial charge is 0.407 e. The second-order valence-electron chi connectivity index (χ2n) is 15.9. The summed E-state index contributed by atoms with van der Waals surface area (Å²) in [6.07, 6.45) is 6.72. The number of imidazole rings is 2. The Hall–Kier alpha value is -7.10. The highest BCUT2D eigenvalue weighted by Gasteiger charge is 2.39. The molecule has 2 fully saturated rings. The van der Waals surface area contributed by atoms with Crippen molar-refractivity contribution in [2.75, 3.05) is 27.3 Å². The molecule has 2 saturated heterocycles. The number of methoxy groups -OCH3 is 2. The number of carbonyl (C=O) groups excluding carboxylic acids is 4. The lowest BCUT2D eigenvalue weighted by Gasteiger charge is -2.30. The summed E-state index contributed by atoms with van der Waals surface area (Å²) >= 11 is 0. The number of fused-ring (bicyclic) bond motifs is 1. The van der Waals surface area contributed by atoms with Gasteiger partial charge < -0.3 is 39.9 Å². The number of amides is 4. The quantitative estimate of drug-likeness (QED) is 0.102. The zero-order valence-corrected chi connectivity index (χ0v) is 34.9. The number of H-pyrrole nitrogens is 2. The number of likely N-dealkylation sites (tertiary alicyclic amines) is 2. The van der Waals surface area contributed by atoms with Crippen LogP contribution >= 0.6 is 0 Å². The van der Waals surface area contributed by atoms with Crippen molar-refractivity contribution in [2.24, 2.45) is 5.92 Å². The summed E-state index contributed by atoms with van der Waals surface area (Å²) in [6.45, 7) is 4.77. The van der Waals surface area contributed by atoms with Crippen LogP contribution in [0.4, 0.5) is 14.0 Å². The Labute approximate surface area is 357 Å². The third-order valence-electron chi connectivity index (χ3n) is 11.7. The van der Waals surface area contributed by atoms with Crippen LogP contribution in [0.1, 0.15) is 74.9 Å². The van der Waals surface area contributed by atoms with E-state index in [9.17, 15) is 19.2 Å². The molecule has 3 aromatic carbocycles. The van der Waals surface area contributed by atoms with Gasteiger partial charge in [0.15, 0.2) is 0 Å². The Morgan fingerprint density at radius 3 is 1.95 bits per heavy atom. The van der Waals surface area contributed by atoms with E-state index < -0.39 is 30.1 Å². The number of hydrogen-bond acceptors (Lipinski definition) is 9. The normalized spacial score (nSPS) is 17.3. The number of alkyl carbamates (subject to hydrolysis) is 2. The Morgan fingerprint density at radius 1 is 0.710 bits per heavy atom. The van der Waals surface area contributed by atoms with Crippen LogP contribution in [0.3, 0.4) is 0 Å². The van der Waals surface area contributed by atoms with E-state index in [-0.39, 0.29) is 29.8 Å². The summed E-state index contributed by atoms with van der Waals surface area (Å²) < 4.78 is 25.4. The SMILES string of the molecule is COC(=O)NC(C(=O)N1CCCC1c1ncc(-c2cnc3cc(-c4ccc(-c5cnc(C6CCCN6C(=O)C(NC(=O)OC)C(C)C)[nH]5)cc4F)ccc3c2)[nH]1)c1ccccc1. The molecule has 16 heteroatoms. The van der Waals surface area contributed by atoms with E-state index in [1.807, 2.05) is 62.4 Å². The molecular weight excluding hydrogens is 794 g/mol. The molecule has 4 unspecified atom stereocenters. The van der Waals surface area contributed by atoms with Crippen molar-refractivity contribution in [2.45, 2.75) is 63.7 Å². The van der Waals surface area contributed by atoms with Gasteiger partial charge in [-0.25, -0.2) is 23.9 Å². The summed E-state index contributed by atoms with van der Waals surface area (Å²) in [7, 11) is 2.53. The minimum atomic E-state index is -0.916. The van der Waals surface area contributed by atoms with Crippen molar-refractivity contribution in [3.63, 3.8) is 0 Å². The van der Waals surface area contributed by atoms with Crippen LogP contribution < -0.4 is 10.6 Å². The van der Waals surface area contributed by atoms with Gasteiger partial charge in [0, 0.05) is 41.4 Å². The molecule has 2 aliphatic rings. The Morgan fingerprint density at radius 2 is 1.32 bits per heavy atom. The average Bonchev–Trinajstić information content (AvgIpc) is 4.14. The van der Waals surface area contributed by atoms with Crippen molar-refractivity contribution in [1.82, 2.24) is 45.4 Å². The minimum Gasteiger partial charge on any atom is -0.453 e. The molecule has 4 atom stereocenters. The summed E-state index contributed by atoms with van der Waals surface area (Å²) in [5.74, 6) is 0.210. The van der Waals surface area contributed by atoms with E-state index in [1.54, 1.807) is 46.6 Å². The van der Waals surface area contributed by atoms with Crippen LogP contribution in [-0.2, 0) is 19.1 Å². The molecule has 6 aromatic rings. The highest BCUT2D eigenvalue weighted by Crippen LogP contribution is 2.36. The van der Waals surface area contributed by atoms with Gasteiger partial charge in [0.25, 0.3) is 5.91 Å². The summed E-state index contributed by atoms with van der Waals surface area (Å²) in [5.41, 5.74) is 5.17. The molecule has 0 radical (unpaired) electrons. The number of ether oxygens (including phenoxy) is 2. The highest BCUT2D eigenvalue weighted by atomic mass is 19.1. The van der Waals surface area contributed by atoms with Gasteiger partial charge in [-0.2, -0.15) is 0 Å². The number of nitrogens with zero attached hydrogens (tertiary/aromatic N) is 5. The molecule has 5 heterocycles. The van der Waals surface area contributed by atoms with E-state index >= 15 is 4.39 Å². The van der Waals surface area contributed by atoms with Crippen LogP contribution in [0.2, 0.25) is 0 Å². The lowest BCUT2D eigenvalue weighted by Crippen LogP contribution is -2.51. The van der Waals surface area contributed by atoms with Gasteiger partial charge in [0.2, 0.25) is 5.91 Å². The lowest BCUT2D eigenvalue weighted by molar-refractivity contribution is -0.135. The predicted octanol–water partition coefficient (Wildman–Crippen LogP) is 7.63. The number of carbonyl (C=O) groups is 4. The number of aromatic nitrogens is 5. The van der Waals surface area contributed by atoms with Crippen molar-refractivity contribution in [1.29, 1.82) is 0 Å². The first kappa shape index (κ1) is 41.6. The number of rotatable bonds is 11. The maximum absolute atomic E-state index is 15.9. The van der Waals surface area contributed by atoms with Crippen molar-refractivity contribution in [3.05, 3.63) is 114 Å². The summed E-state index contributed by atoms with van der Waals surface area (Å²) in [6, 6.07) is 19.4. The topological polar surface area (TPSA) is 188 Å². The third kappa shape index (κ3) is 8.44. The van der Waals surface area contributed by atoms with E-state index in [2.05, 4.69) is 30.6 Å². The third-order valence-corrected chi connectivity index (χ3v) is 11.7. The number of halogens is 1. The molecule has 8 rings (SSSR count). The minimum absolute atomic E-state index is 0.154. The molecule has 0 spiro atoms. The first-order valence-corrected chi connectivity index (χ1v) is 20.7. The van der Waals surface area contributed by atoms with Crippen LogP contribution in [0.5, 0.6) is 0 Å². The molecule has 0 saturated carbocycles. The van der Waals surface area contributed by atoms with Gasteiger partial charge in [0.05, 0.1) is 55.6 Å². The predicted molar refractivity (Wildman–Crippen MR) is 229 cm³/mol. The monoisotopic (exact) mass is 841 g/mol. The molecule has 2 aliphatic heterocycles. The number of pyridine rings is 1. The molecule has 0 aliphatic carbocycles. The Balaban J connectivity index is 0.961. The molecule has 4 N–H and O–H groups in total. The molecule has 3 aromatic heterocycles. The average molecular weight is 842 g/mol. The highest BCUT2D eigenvalue weighted by molar-refractivity contribution is 5.89. The van der Waals surface area contributed by atoms with E-state index in [4.69, 9.17) is 14.5 Å². The van der Waals surface area contributed by atoms with Gasteiger partial charge in [-0.3, -0.25) is 14.6 Å². The molecule has 0 bridgehead atoms. The van der Waals surface area contributed by atoms with Crippen molar-refractivity contribution < 1.29 is 33.0 Å². The number of hydrogen-bond donors (Lipinski definition) is 4. The maximum atomic E-state index is 15.9. The standard InChI is InChI=1S/C46H48FN9O6/c1-26(2)39(53-45(59)61-3)43(57)55-18-8-12-37(55)41-49-24-35(51-41)30-16-17-32(33(47)21-30)28-14-15-29-20-31(23-48-34(29)22-28)36-25-50-42(52-36)38-13-9-19-56(38)44(58)40(54-46(60)62-4)27-10-6-5-7-11-27/h5-7,10-11,14-17,20-26,37-40H,8-9,12-13,18-19H2,1-4H3,(H,49,51)(H,50,52)(H,53,59)(H,54,60). The van der Waals surface area contributed by atoms with Gasteiger partial charge in [-0.05, 0) is 60.9 Å². The summed E-state index contributed by atoms with van der Waals surface area (Å²) in [5, 5.41) is 6.20. The zero-order chi connectivity index (χ0) is 43.5. The van der Waals surface area contributed by atoms with Crippen LogP contribution in [0.15, 0.2) is 91.4 Å². The summed E-state index contributed by atoms with van der Waals surface area (Å²) in [4.78, 5) is 75.9. The second-order valence-corrected chi connectivity index (χ2v) is 15.9. The van der Waals surface area contributed by atoms with Crippen LogP contribution in [0, 0.1) is 11.7 Å². The van der Waals surface area contributed by atoms with Crippen molar-refractivity contribution in [3.8, 4) is 33.6 Å². The first-order chi connectivity index (χ1) is 30.0. The Bertz CT molecular complexity index is 2610. The van der Waals surface area contributed by atoms with E-state index in [0.29, 0.717) is 71.0 Å². The van der Waals surface area contributed by atoms with Gasteiger partial charge in [-0.1, -0.05) is 68.4 Å². The van der Waals surface area contributed by atoms with Gasteiger partial charge in [-0.15, -0.1) is 0 Å². The first-order valence-electron chi connectivity index (χ1n) is 20.7. The fraction of sp³-hybridized carbons (Fsp3) is 0.326. The van der Waals surface area contributed by atoms with E-state index in [1.165, 1.54) is 20.3 Å². The Kier molecular flexibility index (Phi) is 12.0.